The van der Waals surface area contributed by atoms with Gasteiger partial charge in [0.2, 0.25) is 0 Å². The van der Waals surface area contributed by atoms with Crippen molar-refractivity contribution >= 4 is 29.2 Å². The number of nitrogens with zero attached hydrogens (tertiary/aromatic N) is 1. The molecule has 1 aliphatic heterocycles. The molecule has 1 heterocycles. The van der Waals surface area contributed by atoms with Gasteiger partial charge in [-0.3, -0.25) is 4.79 Å². The van der Waals surface area contributed by atoms with Gasteiger partial charge in [0.25, 0.3) is 5.91 Å². The maximum Gasteiger partial charge on any atom is 0.336 e. The molecule has 0 aliphatic carbocycles. The van der Waals surface area contributed by atoms with Crippen molar-refractivity contribution in [1.29, 1.82) is 0 Å². The van der Waals surface area contributed by atoms with Gasteiger partial charge < -0.3 is 14.7 Å². The zero-order valence-corrected chi connectivity index (χ0v) is 14.8. The quantitative estimate of drug-likeness (QED) is 0.681. The summed E-state index contributed by atoms with van der Waals surface area (Å²) in [6.45, 7) is 0.232. The summed E-state index contributed by atoms with van der Waals surface area (Å²) in [5, 5.41) is 9.90. The number of rotatable bonds is 2. The van der Waals surface area contributed by atoms with Crippen LogP contribution in [0, 0.1) is 0 Å². The number of benzene rings is 3. The normalized spacial score (nSPS) is 12.4. The third-order valence-electron chi connectivity index (χ3n) is 4.37. The third kappa shape index (κ3) is 3.13. The zero-order valence-electron chi connectivity index (χ0n) is 14.1. The van der Waals surface area contributed by atoms with Crippen LogP contribution in [0.15, 0.2) is 66.7 Å². The lowest BCUT2D eigenvalue weighted by Gasteiger charge is -2.23. The summed E-state index contributed by atoms with van der Waals surface area (Å²) in [6.07, 6.45) is 0. The van der Waals surface area contributed by atoms with Gasteiger partial charge in [-0.15, -0.1) is 0 Å². The van der Waals surface area contributed by atoms with Gasteiger partial charge in [-0.05, 0) is 36.4 Å². The molecule has 6 heteroatoms. The molecule has 0 aromatic heterocycles. The number of carboxylic acids is 1. The number of halogens is 1. The average Bonchev–Trinajstić information content (AvgIpc) is 2.84. The highest BCUT2D eigenvalue weighted by Gasteiger charge is 2.28. The summed E-state index contributed by atoms with van der Waals surface area (Å²) < 4.78 is 5.98. The van der Waals surface area contributed by atoms with Gasteiger partial charge in [0.15, 0.2) is 5.75 Å². The van der Waals surface area contributed by atoms with Crippen molar-refractivity contribution in [2.45, 2.75) is 6.54 Å². The standard InChI is InChI=1S/C21H14ClNO4/c22-14-9-10-19-17(11-14)23(12-13-5-1-4-8-18(13)27-19)20(24)15-6-2-3-7-16(15)21(25)26/h1-11H,12H2,(H,25,26). The van der Waals surface area contributed by atoms with Gasteiger partial charge in [0.05, 0.1) is 23.4 Å². The Morgan fingerprint density at radius 1 is 0.926 bits per heavy atom. The zero-order chi connectivity index (χ0) is 19.0. The molecule has 0 spiro atoms. The Hall–Kier alpha value is -3.31. The molecular weight excluding hydrogens is 366 g/mol. The molecule has 1 aliphatic rings. The topological polar surface area (TPSA) is 66.8 Å². The summed E-state index contributed by atoms with van der Waals surface area (Å²) in [7, 11) is 0. The molecule has 0 bridgehead atoms. The lowest BCUT2D eigenvalue weighted by Crippen LogP contribution is -2.31. The molecule has 0 unspecified atom stereocenters. The highest BCUT2D eigenvalue weighted by Crippen LogP contribution is 2.41. The minimum atomic E-state index is -1.16. The Morgan fingerprint density at radius 3 is 2.41 bits per heavy atom. The number of amides is 1. The molecule has 1 N–H and O–H groups in total. The molecule has 0 saturated heterocycles. The van der Waals surface area contributed by atoms with E-state index in [1.807, 2.05) is 24.3 Å². The summed E-state index contributed by atoms with van der Waals surface area (Å²) in [4.78, 5) is 26.4. The molecule has 1 amide bonds. The summed E-state index contributed by atoms with van der Waals surface area (Å²) in [6, 6.07) is 18.6. The maximum atomic E-state index is 13.3. The molecule has 3 aromatic rings. The molecule has 0 radical (unpaired) electrons. The summed E-state index contributed by atoms with van der Waals surface area (Å²) >= 11 is 6.15. The van der Waals surface area contributed by atoms with E-state index < -0.39 is 11.9 Å². The predicted octanol–water partition coefficient (Wildman–Crippen LogP) is 4.99. The second kappa shape index (κ2) is 6.78. The van der Waals surface area contributed by atoms with E-state index in [1.54, 1.807) is 30.3 Å². The van der Waals surface area contributed by atoms with Crippen LogP contribution >= 0.6 is 11.6 Å². The van der Waals surface area contributed by atoms with E-state index in [4.69, 9.17) is 16.3 Å². The van der Waals surface area contributed by atoms with Crippen LogP contribution in [0.4, 0.5) is 5.69 Å². The minimum Gasteiger partial charge on any atom is -0.478 e. The fourth-order valence-electron chi connectivity index (χ4n) is 3.08. The fraction of sp³-hybridized carbons (Fsp3) is 0.0476. The van der Waals surface area contributed by atoms with Gasteiger partial charge in [-0.25, -0.2) is 4.79 Å². The van der Waals surface area contributed by atoms with Crippen molar-refractivity contribution in [2.75, 3.05) is 4.90 Å². The Morgan fingerprint density at radius 2 is 1.63 bits per heavy atom. The van der Waals surface area contributed by atoms with Crippen LogP contribution in [0.1, 0.15) is 26.3 Å². The second-order valence-electron chi connectivity index (χ2n) is 6.06. The van der Waals surface area contributed by atoms with Crippen LogP contribution in [0.3, 0.4) is 0 Å². The smallest absolute Gasteiger partial charge is 0.336 e. The lowest BCUT2D eigenvalue weighted by molar-refractivity contribution is 0.0692. The van der Waals surface area contributed by atoms with Crippen LogP contribution in [-0.4, -0.2) is 17.0 Å². The molecular formula is C21H14ClNO4. The van der Waals surface area contributed by atoms with Crippen LogP contribution < -0.4 is 9.64 Å². The summed E-state index contributed by atoms with van der Waals surface area (Å²) in [5.74, 6) is -0.470. The van der Waals surface area contributed by atoms with E-state index in [1.165, 1.54) is 17.0 Å². The van der Waals surface area contributed by atoms with E-state index >= 15 is 0 Å². The highest BCUT2D eigenvalue weighted by atomic mass is 35.5. The molecule has 0 saturated carbocycles. The third-order valence-corrected chi connectivity index (χ3v) is 4.60. The minimum absolute atomic E-state index is 0.0514. The largest absolute Gasteiger partial charge is 0.478 e. The van der Waals surface area contributed by atoms with Crippen LogP contribution in [0.2, 0.25) is 5.02 Å². The Balaban J connectivity index is 1.88. The molecule has 4 rings (SSSR count). The Bertz CT molecular complexity index is 1060. The maximum absolute atomic E-state index is 13.3. The van der Waals surface area contributed by atoms with Crippen LogP contribution in [0.25, 0.3) is 0 Å². The van der Waals surface area contributed by atoms with E-state index in [9.17, 15) is 14.7 Å². The van der Waals surface area contributed by atoms with Gasteiger partial charge >= 0.3 is 5.97 Å². The number of carbonyl (C=O) groups is 2. The molecule has 27 heavy (non-hydrogen) atoms. The summed E-state index contributed by atoms with van der Waals surface area (Å²) in [5.41, 5.74) is 1.36. The Labute approximate surface area is 160 Å². The first-order valence-corrected chi connectivity index (χ1v) is 8.62. The first kappa shape index (κ1) is 17.1. The first-order valence-electron chi connectivity index (χ1n) is 8.24. The van der Waals surface area contributed by atoms with E-state index in [-0.39, 0.29) is 17.7 Å². The number of carbonyl (C=O) groups excluding carboxylic acids is 1. The average molecular weight is 380 g/mol. The number of para-hydroxylation sites is 1. The van der Waals surface area contributed by atoms with Crippen LogP contribution in [-0.2, 0) is 6.54 Å². The van der Waals surface area contributed by atoms with Gasteiger partial charge in [-0.2, -0.15) is 0 Å². The van der Waals surface area contributed by atoms with Crippen molar-refractivity contribution in [3.63, 3.8) is 0 Å². The monoisotopic (exact) mass is 379 g/mol. The number of aromatic carboxylic acids is 1. The van der Waals surface area contributed by atoms with Crippen molar-refractivity contribution in [2.24, 2.45) is 0 Å². The van der Waals surface area contributed by atoms with Crippen molar-refractivity contribution < 1.29 is 19.4 Å². The number of hydrogen-bond donors (Lipinski definition) is 1. The van der Waals surface area contributed by atoms with Gasteiger partial charge in [-0.1, -0.05) is 41.9 Å². The SMILES string of the molecule is O=C(O)c1ccccc1C(=O)N1Cc2ccccc2Oc2ccc(Cl)cc21. The number of fused-ring (bicyclic) bond motifs is 2. The lowest BCUT2D eigenvalue weighted by atomic mass is 10.1. The molecule has 0 fully saturated rings. The van der Waals surface area contributed by atoms with E-state index in [0.29, 0.717) is 22.2 Å². The number of anilines is 1. The van der Waals surface area contributed by atoms with Crippen molar-refractivity contribution in [3.05, 3.63) is 88.4 Å². The number of hydrogen-bond acceptors (Lipinski definition) is 3. The predicted molar refractivity (Wildman–Crippen MR) is 102 cm³/mol. The molecule has 134 valence electrons. The number of ether oxygens (including phenoxy) is 1. The van der Waals surface area contributed by atoms with Crippen molar-refractivity contribution in [1.82, 2.24) is 0 Å². The molecule has 0 atom stereocenters. The fourth-order valence-corrected chi connectivity index (χ4v) is 3.24. The highest BCUT2D eigenvalue weighted by molar-refractivity contribution is 6.31. The number of carboxylic acid groups (broad SMARTS) is 1. The molecule has 3 aromatic carbocycles. The van der Waals surface area contributed by atoms with Crippen LogP contribution in [0.5, 0.6) is 11.5 Å². The van der Waals surface area contributed by atoms with Crippen molar-refractivity contribution in [3.8, 4) is 11.5 Å². The Kier molecular flexibility index (Phi) is 4.30. The van der Waals surface area contributed by atoms with E-state index in [2.05, 4.69) is 0 Å². The first-order chi connectivity index (χ1) is 13.0. The van der Waals surface area contributed by atoms with Gasteiger partial charge in [0, 0.05) is 10.6 Å². The second-order valence-corrected chi connectivity index (χ2v) is 6.50. The van der Waals surface area contributed by atoms with E-state index in [0.717, 1.165) is 5.56 Å². The molecule has 5 nitrogen and oxygen atoms in total. The van der Waals surface area contributed by atoms with Gasteiger partial charge in [0.1, 0.15) is 5.75 Å².